The molecule has 10 nitrogen and oxygen atoms in total. The molecular weight excluding hydrogens is 318 g/mol. The molecule has 3 heterocycles. The minimum Gasteiger partial charge on any atom is -0.481 e. The van der Waals surface area contributed by atoms with Gasteiger partial charge in [0.1, 0.15) is 5.82 Å². The van der Waals surface area contributed by atoms with Crippen LogP contribution in [0.1, 0.15) is 18.4 Å². The maximum Gasteiger partial charge on any atom is 0.303 e. The number of hydrogen-bond acceptors (Lipinski definition) is 8. The molecule has 10 heteroatoms. The Bertz CT molecular complexity index is 682. The smallest absolute Gasteiger partial charge is 0.303 e. The number of nitrogens with two attached hydrogens (primary N) is 2. The lowest BCUT2D eigenvalue weighted by Crippen LogP contribution is -2.50. The molecule has 0 saturated carbocycles. The first kappa shape index (κ1) is 16.2. The molecule has 1 aromatic rings. The Hall–Kier alpha value is -2.62. The highest BCUT2D eigenvalue weighted by Crippen LogP contribution is 2.38. The van der Waals surface area contributed by atoms with Crippen LogP contribution in [0.15, 0.2) is 0 Å². The summed E-state index contributed by atoms with van der Waals surface area (Å²) in [6.07, 6.45) is 0.129. The first-order valence-electron chi connectivity index (χ1n) is 7.57. The number of carbonyl (C=O) groups is 2. The topological polar surface area (TPSA) is 154 Å². The zero-order valence-corrected chi connectivity index (χ0v) is 13.0. The van der Waals surface area contributed by atoms with Crippen LogP contribution in [-0.2, 0) is 20.7 Å². The number of carbonyl (C=O) groups excluding carboxylic acids is 1. The van der Waals surface area contributed by atoms with Crippen LogP contribution in [0.2, 0.25) is 0 Å². The maximum atomic E-state index is 12.3. The standard InChI is InChI=1S/C14H19N5O5/c15-11-8-5-14(24-12(8)18-13(16)17-11)6-19(3-4-23-7-14)9(20)1-2-10(21)22/h1-7H2,(H,21,22)(H4,15,16,17,18)/t14-/m0/s1. The van der Waals surface area contributed by atoms with Crippen LogP contribution in [0.4, 0.5) is 11.8 Å². The number of aromatic nitrogens is 2. The average Bonchev–Trinajstić information content (AvgIpc) is 2.72. The van der Waals surface area contributed by atoms with Crippen molar-refractivity contribution >= 4 is 23.6 Å². The van der Waals surface area contributed by atoms with Gasteiger partial charge in [-0.3, -0.25) is 9.59 Å². The van der Waals surface area contributed by atoms with Crippen molar-refractivity contribution in [3.63, 3.8) is 0 Å². The number of anilines is 2. The highest BCUT2D eigenvalue weighted by molar-refractivity contribution is 5.80. The van der Waals surface area contributed by atoms with Gasteiger partial charge in [0.15, 0.2) is 5.60 Å². The second-order valence-corrected chi connectivity index (χ2v) is 5.97. The van der Waals surface area contributed by atoms with E-state index in [-0.39, 0.29) is 43.7 Å². The van der Waals surface area contributed by atoms with Crippen LogP contribution < -0.4 is 16.2 Å². The molecule has 1 fully saturated rings. The number of amides is 1. The predicted octanol–water partition coefficient (Wildman–Crippen LogP) is -0.962. The number of hydrogen-bond donors (Lipinski definition) is 3. The molecule has 1 aromatic heterocycles. The van der Waals surface area contributed by atoms with Crippen molar-refractivity contribution in [2.45, 2.75) is 24.9 Å². The molecule has 0 unspecified atom stereocenters. The van der Waals surface area contributed by atoms with Gasteiger partial charge in [-0.2, -0.15) is 9.97 Å². The van der Waals surface area contributed by atoms with Crippen LogP contribution in [0.3, 0.4) is 0 Å². The van der Waals surface area contributed by atoms with Crippen molar-refractivity contribution in [1.82, 2.24) is 14.9 Å². The van der Waals surface area contributed by atoms with Crippen LogP contribution in [0.5, 0.6) is 5.88 Å². The number of fused-ring (bicyclic) bond motifs is 1. The third-order valence-electron chi connectivity index (χ3n) is 4.09. The zero-order chi connectivity index (χ0) is 17.3. The second-order valence-electron chi connectivity index (χ2n) is 5.97. The summed E-state index contributed by atoms with van der Waals surface area (Å²) in [5.74, 6) is -0.675. The van der Waals surface area contributed by atoms with E-state index in [1.54, 1.807) is 4.90 Å². The lowest BCUT2D eigenvalue weighted by Gasteiger charge is -2.30. The molecular formula is C14H19N5O5. The summed E-state index contributed by atoms with van der Waals surface area (Å²) >= 11 is 0. The molecule has 1 atom stereocenters. The molecule has 3 rings (SSSR count). The quantitative estimate of drug-likeness (QED) is 0.632. The number of nitrogens with zero attached hydrogens (tertiary/aromatic N) is 3. The van der Waals surface area contributed by atoms with Crippen molar-refractivity contribution in [2.24, 2.45) is 0 Å². The summed E-state index contributed by atoms with van der Waals surface area (Å²) in [7, 11) is 0. The van der Waals surface area contributed by atoms with Gasteiger partial charge in [0, 0.05) is 19.4 Å². The summed E-state index contributed by atoms with van der Waals surface area (Å²) in [4.78, 5) is 32.5. The van der Waals surface area contributed by atoms with Crippen molar-refractivity contribution in [2.75, 3.05) is 37.8 Å². The van der Waals surface area contributed by atoms with Crippen molar-refractivity contribution in [3.8, 4) is 5.88 Å². The van der Waals surface area contributed by atoms with E-state index in [2.05, 4.69) is 9.97 Å². The summed E-state index contributed by atoms with van der Waals surface area (Å²) in [6, 6.07) is 0. The van der Waals surface area contributed by atoms with Gasteiger partial charge in [-0.15, -0.1) is 0 Å². The third kappa shape index (κ3) is 3.18. The maximum absolute atomic E-state index is 12.3. The highest BCUT2D eigenvalue weighted by atomic mass is 16.6. The van der Waals surface area contributed by atoms with Crippen LogP contribution in [0, 0.1) is 0 Å². The minimum atomic E-state index is -1.01. The Balaban J connectivity index is 1.77. The van der Waals surface area contributed by atoms with Crippen LogP contribution in [0.25, 0.3) is 0 Å². The van der Waals surface area contributed by atoms with Crippen LogP contribution in [-0.4, -0.2) is 63.8 Å². The first-order valence-corrected chi connectivity index (χ1v) is 7.57. The van der Waals surface area contributed by atoms with E-state index in [1.807, 2.05) is 0 Å². The van der Waals surface area contributed by atoms with Gasteiger partial charge in [-0.05, 0) is 0 Å². The molecule has 2 aliphatic rings. The van der Waals surface area contributed by atoms with Crippen molar-refractivity contribution in [1.29, 1.82) is 0 Å². The lowest BCUT2D eigenvalue weighted by molar-refractivity contribution is -0.141. The van der Waals surface area contributed by atoms with Gasteiger partial charge in [0.25, 0.3) is 0 Å². The van der Waals surface area contributed by atoms with E-state index in [0.29, 0.717) is 31.0 Å². The number of rotatable bonds is 3. The molecule has 5 N–H and O–H groups in total. The Labute approximate surface area is 137 Å². The van der Waals surface area contributed by atoms with Crippen LogP contribution >= 0.6 is 0 Å². The zero-order valence-electron chi connectivity index (χ0n) is 13.0. The molecule has 1 saturated heterocycles. The molecule has 1 amide bonds. The molecule has 24 heavy (non-hydrogen) atoms. The Morgan fingerprint density at radius 3 is 2.83 bits per heavy atom. The summed E-state index contributed by atoms with van der Waals surface area (Å²) in [6.45, 7) is 1.26. The number of carboxylic acids is 1. The summed E-state index contributed by atoms with van der Waals surface area (Å²) in [5.41, 5.74) is 11.3. The normalized spacial score (nSPS) is 22.8. The van der Waals surface area contributed by atoms with E-state index in [0.717, 1.165) is 0 Å². The molecule has 0 radical (unpaired) electrons. The van der Waals surface area contributed by atoms with Gasteiger partial charge in [0.2, 0.25) is 17.7 Å². The average molecular weight is 337 g/mol. The van der Waals surface area contributed by atoms with Gasteiger partial charge in [0.05, 0.1) is 31.7 Å². The Morgan fingerprint density at radius 2 is 2.08 bits per heavy atom. The molecule has 0 aromatic carbocycles. The predicted molar refractivity (Wildman–Crippen MR) is 82.2 cm³/mol. The first-order chi connectivity index (χ1) is 11.4. The minimum absolute atomic E-state index is 0.0206. The number of nitrogen functional groups attached to an aromatic ring is 2. The molecule has 130 valence electrons. The van der Waals surface area contributed by atoms with Gasteiger partial charge >= 0.3 is 5.97 Å². The number of ether oxygens (including phenoxy) is 2. The Kier molecular flexibility index (Phi) is 4.14. The van der Waals surface area contributed by atoms with E-state index in [1.165, 1.54) is 0 Å². The monoisotopic (exact) mass is 337 g/mol. The summed E-state index contributed by atoms with van der Waals surface area (Å²) in [5, 5.41) is 8.74. The number of carboxylic acid groups (broad SMARTS) is 1. The van der Waals surface area contributed by atoms with Gasteiger partial charge in [-0.1, -0.05) is 0 Å². The molecule has 0 bridgehead atoms. The fraction of sp³-hybridized carbons (Fsp3) is 0.571. The molecule has 0 aliphatic carbocycles. The second kappa shape index (κ2) is 6.11. The van der Waals surface area contributed by atoms with Gasteiger partial charge < -0.3 is 30.9 Å². The summed E-state index contributed by atoms with van der Waals surface area (Å²) < 4.78 is 11.5. The van der Waals surface area contributed by atoms with Crippen molar-refractivity contribution in [3.05, 3.63) is 5.56 Å². The highest BCUT2D eigenvalue weighted by Gasteiger charge is 2.45. The number of aliphatic carboxylic acids is 1. The Morgan fingerprint density at radius 1 is 1.29 bits per heavy atom. The fourth-order valence-electron chi connectivity index (χ4n) is 2.97. The van der Waals surface area contributed by atoms with E-state index < -0.39 is 11.6 Å². The van der Waals surface area contributed by atoms with E-state index >= 15 is 0 Å². The van der Waals surface area contributed by atoms with E-state index in [9.17, 15) is 9.59 Å². The fourth-order valence-corrected chi connectivity index (χ4v) is 2.97. The van der Waals surface area contributed by atoms with Crippen molar-refractivity contribution < 1.29 is 24.2 Å². The largest absolute Gasteiger partial charge is 0.481 e. The van der Waals surface area contributed by atoms with Gasteiger partial charge in [-0.25, -0.2) is 0 Å². The van der Waals surface area contributed by atoms with E-state index in [4.69, 9.17) is 26.0 Å². The molecule has 2 aliphatic heterocycles. The third-order valence-corrected chi connectivity index (χ3v) is 4.09. The SMILES string of the molecule is Nc1nc(N)c2c(n1)O[C@@]1(COCCN(C(=O)CCC(=O)O)C1)C2. The lowest BCUT2D eigenvalue weighted by atomic mass is 9.97. The molecule has 1 spiro atoms.